The van der Waals surface area contributed by atoms with E-state index in [1.54, 1.807) is 0 Å². The van der Waals surface area contributed by atoms with Gasteiger partial charge in [0.25, 0.3) is 0 Å². The standard InChI is InChI=1S/C11H25P/c1-5-6-7-8-9-10(12)11(2,3)4/h10H,5-9,12H2,1-4H3. The second-order valence-corrected chi connectivity index (χ2v) is 5.63. The minimum atomic E-state index is 0.469. The van der Waals surface area contributed by atoms with Gasteiger partial charge in [-0.15, -0.1) is 9.24 Å². The molecule has 0 aliphatic heterocycles. The van der Waals surface area contributed by atoms with Gasteiger partial charge in [0.2, 0.25) is 0 Å². The van der Waals surface area contributed by atoms with Crippen molar-refractivity contribution in [2.45, 2.75) is 65.5 Å². The zero-order valence-corrected chi connectivity index (χ0v) is 10.3. The van der Waals surface area contributed by atoms with Gasteiger partial charge in [0.15, 0.2) is 0 Å². The molecule has 0 N–H and O–H groups in total. The maximum absolute atomic E-state index is 2.99. The van der Waals surface area contributed by atoms with Gasteiger partial charge in [-0.3, -0.25) is 0 Å². The Morgan fingerprint density at radius 2 is 1.67 bits per heavy atom. The largest absolute Gasteiger partial charge is 0.134 e. The van der Waals surface area contributed by atoms with E-state index >= 15 is 0 Å². The lowest BCUT2D eigenvalue weighted by atomic mass is 9.88. The lowest BCUT2D eigenvalue weighted by molar-refractivity contribution is 0.370. The number of rotatable bonds is 5. The lowest BCUT2D eigenvalue weighted by Crippen LogP contribution is -2.19. The van der Waals surface area contributed by atoms with Crippen molar-refractivity contribution in [2.75, 3.05) is 0 Å². The molecule has 0 nitrogen and oxygen atoms in total. The second-order valence-electron chi connectivity index (χ2n) is 4.82. The third-order valence-corrected chi connectivity index (χ3v) is 3.81. The molecule has 0 rings (SSSR count). The first-order valence-electron chi connectivity index (χ1n) is 5.24. The molecule has 1 heteroatoms. The highest BCUT2D eigenvalue weighted by Crippen LogP contribution is 2.30. The minimum Gasteiger partial charge on any atom is -0.134 e. The van der Waals surface area contributed by atoms with Crippen LogP contribution in [0.4, 0.5) is 0 Å². The van der Waals surface area contributed by atoms with Crippen LogP contribution >= 0.6 is 9.24 Å². The maximum atomic E-state index is 2.99. The van der Waals surface area contributed by atoms with Crippen LogP contribution in [-0.4, -0.2) is 5.66 Å². The molecule has 0 fully saturated rings. The summed E-state index contributed by atoms with van der Waals surface area (Å²) in [5.74, 6) is 0. The molecule has 0 saturated heterocycles. The molecular formula is C11H25P. The summed E-state index contributed by atoms with van der Waals surface area (Å²) in [4.78, 5) is 0. The van der Waals surface area contributed by atoms with Gasteiger partial charge in [0.05, 0.1) is 0 Å². The van der Waals surface area contributed by atoms with Crippen LogP contribution in [0.3, 0.4) is 0 Å². The molecule has 12 heavy (non-hydrogen) atoms. The van der Waals surface area contributed by atoms with E-state index in [2.05, 4.69) is 36.9 Å². The predicted octanol–water partition coefficient (Wildman–Crippen LogP) is 4.25. The van der Waals surface area contributed by atoms with Crippen LogP contribution < -0.4 is 0 Å². The quantitative estimate of drug-likeness (QED) is 0.447. The molecule has 74 valence electrons. The van der Waals surface area contributed by atoms with E-state index in [4.69, 9.17) is 0 Å². The van der Waals surface area contributed by atoms with Crippen LogP contribution in [0.1, 0.15) is 59.8 Å². The Balaban J connectivity index is 3.38. The second kappa shape index (κ2) is 5.97. The molecule has 0 heterocycles. The van der Waals surface area contributed by atoms with Crippen molar-refractivity contribution in [3.05, 3.63) is 0 Å². The molecule has 2 atom stereocenters. The Morgan fingerprint density at radius 3 is 2.08 bits per heavy atom. The van der Waals surface area contributed by atoms with Crippen LogP contribution in [-0.2, 0) is 0 Å². The van der Waals surface area contributed by atoms with Crippen LogP contribution in [0.2, 0.25) is 0 Å². The van der Waals surface area contributed by atoms with Crippen molar-refractivity contribution < 1.29 is 0 Å². The summed E-state index contributed by atoms with van der Waals surface area (Å²) in [7, 11) is 2.99. The Kier molecular flexibility index (Phi) is 6.19. The summed E-state index contributed by atoms with van der Waals surface area (Å²) in [5, 5.41) is 0. The molecule has 2 unspecified atom stereocenters. The highest BCUT2D eigenvalue weighted by Gasteiger charge is 2.18. The summed E-state index contributed by atoms with van der Waals surface area (Å²) in [5.41, 5.74) is 1.26. The monoisotopic (exact) mass is 188 g/mol. The van der Waals surface area contributed by atoms with Crippen molar-refractivity contribution in [2.24, 2.45) is 5.41 Å². The Bertz CT molecular complexity index is 102. The first-order chi connectivity index (χ1) is 5.48. The Morgan fingerprint density at radius 1 is 1.08 bits per heavy atom. The van der Waals surface area contributed by atoms with E-state index in [-0.39, 0.29) is 0 Å². The fourth-order valence-corrected chi connectivity index (χ4v) is 1.46. The van der Waals surface area contributed by atoms with Crippen LogP contribution in [0, 0.1) is 5.41 Å². The molecule has 0 bridgehead atoms. The van der Waals surface area contributed by atoms with Crippen molar-refractivity contribution in [3.8, 4) is 0 Å². The van der Waals surface area contributed by atoms with Crippen LogP contribution in [0.15, 0.2) is 0 Å². The SMILES string of the molecule is CCCCCCC(P)C(C)(C)C. The van der Waals surface area contributed by atoms with E-state index in [0.29, 0.717) is 5.41 Å². The van der Waals surface area contributed by atoms with Gasteiger partial charge >= 0.3 is 0 Å². The molecule has 0 aromatic rings. The van der Waals surface area contributed by atoms with Gasteiger partial charge in [0.1, 0.15) is 0 Å². The van der Waals surface area contributed by atoms with E-state index in [1.807, 2.05) is 0 Å². The van der Waals surface area contributed by atoms with Gasteiger partial charge in [-0.2, -0.15) is 0 Å². The third kappa shape index (κ3) is 6.00. The van der Waals surface area contributed by atoms with E-state index in [9.17, 15) is 0 Å². The van der Waals surface area contributed by atoms with Crippen LogP contribution in [0.25, 0.3) is 0 Å². The molecule has 0 saturated carbocycles. The summed E-state index contributed by atoms with van der Waals surface area (Å²) < 4.78 is 0. The highest BCUT2D eigenvalue weighted by atomic mass is 31.0. The van der Waals surface area contributed by atoms with Gasteiger partial charge in [-0.05, 0) is 17.5 Å². The molecule has 0 aliphatic carbocycles. The van der Waals surface area contributed by atoms with Gasteiger partial charge in [-0.1, -0.05) is 53.4 Å². The third-order valence-electron chi connectivity index (χ3n) is 2.48. The Hall–Kier alpha value is 0.430. The fourth-order valence-electron chi connectivity index (χ4n) is 1.22. The number of hydrogen-bond donors (Lipinski definition) is 0. The first-order valence-corrected chi connectivity index (χ1v) is 5.90. The molecular weight excluding hydrogens is 163 g/mol. The summed E-state index contributed by atoms with van der Waals surface area (Å²) in [6.45, 7) is 9.24. The summed E-state index contributed by atoms with van der Waals surface area (Å²) in [6, 6.07) is 0. The maximum Gasteiger partial charge on any atom is -0.0215 e. The van der Waals surface area contributed by atoms with Crippen molar-refractivity contribution >= 4 is 9.24 Å². The van der Waals surface area contributed by atoms with Crippen LogP contribution in [0.5, 0.6) is 0 Å². The zero-order valence-electron chi connectivity index (χ0n) is 9.19. The molecule has 0 amide bonds. The van der Waals surface area contributed by atoms with Crippen molar-refractivity contribution in [1.29, 1.82) is 0 Å². The fraction of sp³-hybridized carbons (Fsp3) is 1.00. The average Bonchev–Trinajstić information content (AvgIpc) is 1.96. The summed E-state index contributed by atoms with van der Waals surface area (Å²) in [6.07, 6.45) is 6.93. The molecule has 0 aliphatic rings. The molecule has 0 spiro atoms. The van der Waals surface area contributed by atoms with E-state index in [1.165, 1.54) is 32.1 Å². The van der Waals surface area contributed by atoms with E-state index in [0.717, 1.165) is 5.66 Å². The number of unbranched alkanes of at least 4 members (excludes halogenated alkanes) is 3. The first kappa shape index (κ1) is 12.4. The molecule has 0 radical (unpaired) electrons. The smallest absolute Gasteiger partial charge is 0.0215 e. The minimum absolute atomic E-state index is 0.469. The number of hydrogen-bond acceptors (Lipinski definition) is 0. The highest BCUT2D eigenvalue weighted by molar-refractivity contribution is 7.17. The molecule has 0 aromatic heterocycles. The summed E-state index contributed by atoms with van der Waals surface area (Å²) >= 11 is 0. The van der Waals surface area contributed by atoms with Gasteiger partial charge in [0, 0.05) is 0 Å². The van der Waals surface area contributed by atoms with Crippen molar-refractivity contribution in [1.82, 2.24) is 0 Å². The van der Waals surface area contributed by atoms with Gasteiger partial charge in [-0.25, -0.2) is 0 Å². The Labute approximate surface area is 80.7 Å². The zero-order chi connectivity index (χ0) is 9.61. The topological polar surface area (TPSA) is 0 Å². The average molecular weight is 188 g/mol. The molecule has 0 aromatic carbocycles. The van der Waals surface area contributed by atoms with Crippen molar-refractivity contribution in [3.63, 3.8) is 0 Å². The van der Waals surface area contributed by atoms with E-state index < -0.39 is 0 Å². The van der Waals surface area contributed by atoms with Gasteiger partial charge < -0.3 is 0 Å². The predicted molar refractivity (Wildman–Crippen MR) is 61.7 cm³/mol. The normalized spacial score (nSPS) is 14.8. The lowest BCUT2D eigenvalue weighted by Gasteiger charge is -2.26.